The number of anilines is 1. The maximum Gasteiger partial charge on any atom is 0.231 e. The molecule has 0 saturated heterocycles. The summed E-state index contributed by atoms with van der Waals surface area (Å²) >= 11 is 11.8. The highest BCUT2D eigenvalue weighted by molar-refractivity contribution is 6.35. The number of ether oxygens (including phenoxy) is 2. The van der Waals surface area contributed by atoms with Crippen LogP contribution in [0, 0.1) is 0 Å². The van der Waals surface area contributed by atoms with Gasteiger partial charge in [-0.15, -0.1) is 0 Å². The lowest BCUT2D eigenvalue weighted by Gasteiger charge is -2.02. The molecule has 0 atom stereocenters. The minimum Gasteiger partial charge on any atom is -0.454 e. The molecule has 1 heterocycles. The number of carbonyl (C=O) groups excluding carboxylic acids is 1. The molecule has 1 aliphatic rings. The maximum atomic E-state index is 12.1. The fourth-order valence-corrected chi connectivity index (χ4v) is 2.52. The second-order valence-electron chi connectivity index (χ2n) is 4.57. The van der Waals surface area contributed by atoms with Gasteiger partial charge in [0.25, 0.3) is 0 Å². The molecule has 22 heavy (non-hydrogen) atoms. The lowest BCUT2D eigenvalue weighted by molar-refractivity contribution is 0.104. The van der Waals surface area contributed by atoms with E-state index in [4.69, 9.17) is 32.7 Å². The molecule has 2 aromatic carbocycles. The van der Waals surface area contributed by atoms with E-state index in [0.29, 0.717) is 32.8 Å². The first-order valence-electron chi connectivity index (χ1n) is 6.45. The molecular formula is C16H11Cl2NO3. The molecule has 1 N–H and O–H groups in total. The van der Waals surface area contributed by atoms with Crippen LogP contribution in [0.3, 0.4) is 0 Å². The normalized spacial score (nSPS) is 12.6. The van der Waals surface area contributed by atoms with Crippen molar-refractivity contribution in [2.24, 2.45) is 0 Å². The predicted molar refractivity (Wildman–Crippen MR) is 86.1 cm³/mol. The van der Waals surface area contributed by atoms with Crippen molar-refractivity contribution in [2.75, 3.05) is 12.1 Å². The first-order chi connectivity index (χ1) is 10.6. The van der Waals surface area contributed by atoms with E-state index < -0.39 is 0 Å². The van der Waals surface area contributed by atoms with Gasteiger partial charge >= 0.3 is 0 Å². The van der Waals surface area contributed by atoms with Crippen molar-refractivity contribution in [2.45, 2.75) is 0 Å². The predicted octanol–water partition coefficient (Wildman–Crippen LogP) is 4.53. The van der Waals surface area contributed by atoms with Gasteiger partial charge < -0.3 is 14.8 Å². The van der Waals surface area contributed by atoms with Crippen LogP contribution in [0.15, 0.2) is 48.7 Å². The van der Waals surface area contributed by atoms with E-state index >= 15 is 0 Å². The van der Waals surface area contributed by atoms with Gasteiger partial charge in [-0.2, -0.15) is 0 Å². The van der Waals surface area contributed by atoms with Crippen molar-refractivity contribution in [1.82, 2.24) is 0 Å². The molecule has 0 bridgehead atoms. The van der Waals surface area contributed by atoms with Gasteiger partial charge in [0.05, 0.1) is 0 Å². The molecule has 1 aliphatic heterocycles. The summed E-state index contributed by atoms with van der Waals surface area (Å²) in [4.78, 5) is 12.1. The Morgan fingerprint density at radius 1 is 1.05 bits per heavy atom. The number of nitrogens with one attached hydrogen (secondary N) is 1. The SMILES string of the molecule is O=C(C=CNc1cc(Cl)cc(Cl)c1)c1ccc2c(c1)OCO2. The van der Waals surface area contributed by atoms with Gasteiger partial charge in [-0.3, -0.25) is 4.79 Å². The largest absolute Gasteiger partial charge is 0.454 e. The minimum atomic E-state index is -0.154. The lowest BCUT2D eigenvalue weighted by atomic mass is 10.1. The van der Waals surface area contributed by atoms with Crippen LogP contribution in [-0.2, 0) is 0 Å². The number of hydrogen-bond acceptors (Lipinski definition) is 4. The number of ketones is 1. The summed E-state index contributed by atoms with van der Waals surface area (Å²) < 4.78 is 10.5. The molecular weight excluding hydrogens is 325 g/mol. The zero-order valence-corrected chi connectivity index (χ0v) is 12.8. The first-order valence-corrected chi connectivity index (χ1v) is 7.20. The van der Waals surface area contributed by atoms with Crippen molar-refractivity contribution < 1.29 is 14.3 Å². The van der Waals surface area contributed by atoms with E-state index in [1.807, 2.05) is 0 Å². The van der Waals surface area contributed by atoms with Gasteiger partial charge in [-0.1, -0.05) is 23.2 Å². The Kier molecular flexibility index (Phi) is 4.22. The van der Waals surface area contributed by atoms with Crippen LogP contribution in [0.25, 0.3) is 0 Å². The summed E-state index contributed by atoms with van der Waals surface area (Å²) in [6.45, 7) is 0.180. The van der Waals surface area contributed by atoms with E-state index in [-0.39, 0.29) is 12.6 Å². The fourth-order valence-electron chi connectivity index (χ4n) is 2.00. The van der Waals surface area contributed by atoms with Crippen LogP contribution in [0.2, 0.25) is 10.0 Å². The molecule has 6 heteroatoms. The Morgan fingerprint density at radius 3 is 2.55 bits per heavy atom. The standard InChI is InChI=1S/C16H11Cl2NO3/c17-11-6-12(18)8-13(7-11)19-4-3-14(20)10-1-2-15-16(5-10)22-9-21-15/h1-8,19H,9H2. The maximum absolute atomic E-state index is 12.1. The number of benzene rings is 2. The monoisotopic (exact) mass is 335 g/mol. The third-order valence-corrected chi connectivity index (χ3v) is 3.44. The Balaban J connectivity index is 1.68. The van der Waals surface area contributed by atoms with Crippen molar-refractivity contribution in [3.63, 3.8) is 0 Å². The Labute approximate surface area is 137 Å². The molecule has 2 aromatic rings. The molecule has 3 rings (SSSR count). The van der Waals surface area contributed by atoms with Crippen molar-refractivity contribution >= 4 is 34.7 Å². The highest BCUT2D eigenvalue weighted by Gasteiger charge is 2.14. The molecule has 0 amide bonds. The van der Waals surface area contributed by atoms with Gasteiger partial charge in [0.2, 0.25) is 6.79 Å². The smallest absolute Gasteiger partial charge is 0.231 e. The lowest BCUT2D eigenvalue weighted by Crippen LogP contribution is -1.96. The molecule has 0 spiro atoms. The van der Waals surface area contributed by atoms with E-state index in [1.165, 1.54) is 12.3 Å². The number of halogens is 2. The van der Waals surface area contributed by atoms with Crippen LogP contribution in [0.5, 0.6) is 11.5 Å². The Morgan fingerprint density at radius 2 is 1.77 bits per heavy atom. The second kappa shape index (κ2) is 6.30. The molecule has 0 unspecified atom stereocenters. The molecule has 0 aliphatic carbocycles. The van der Waals surface area contributed by atoms with Crippen molar-refractivity contribution in [3.8, 4) is 11.5 Å². The van der Waals surface area contributed by atoms with E-state index in [9.17, 15) is 4.79 Å². The van der Waals surface area contributed by atoms with Gasteiger partial charge in [-0.25, -0.2) is 0 Å². The van der Waals surface area contributed by atoms with Crippen molar-refractivity contribution in [1.29, 1.82) is 0 Å². The van der Waals surface area contributed by atoms with Gasteiger partial charge in [0, 0.05) is 33.6 Å². The van der Waals surface area contributed by atoms with Crippen LogP contribution < -0.4 is 14.8 Å². The molecule has 112 valence electrons. The van der Waals surface area contributed by atoms with Gasteiger partial charge in [-0.05, 0) is 36.4 Å². The number of fused-ring (bicyclic) bond motifs is 1. The summed E-state index contributed by atoms with van der Waals surface area (Å²) in [6.07, 6.45) is 2.96. The highest BCUT2D eigenvalue weighted by Crippen LogP contribution is 2.32. The number of allylic oxidation sites excluding steroid dienone is 1. The molecule has 0 radical (unpaired) electrons. The van der Waals surface area contributed by atoms with Gasteiger partial charge in [0.15, 0.2) is 17.3 Å². The quantitative estimate of drug-likeness (QED) is 0.658. The molecule has 4 nitrogen and oxygen atoms in total. The number of rotatable bonds is 4. The Bertz CT molecular complexity index is 739. The summed E-state index contributed by atoms with van der Waals surface area (Å²) in [5.74, 6) is 1.07. The Hall–Kier alpha value is -2.17. The second-order valence-corrected chi connectivity index (χ2v) is 5.44. The van der Waals surface area contributed by atoms with Gasteiger partial charge in [0.1, 0.15) is 0 Å². The third kappa shape index (κ3) is 3.35. The topological polar surface area (TPSA) is 47.6 Å². The van der Waals surface area contributed by atoms with Crippen LogP contribution in [0.4, 0.5) is 5.69 Å². The molecule has 0 fully saturated rings. The summed E-state index contributed by atoms with van der Waals surface area (Å²) in [7, 11) is 0. The zero-order valence-electron chi connectivity index (χ0n) is 11.3. The van der Waals surface area contributed by atoms with Crippen LogP contribution >= 0.6 is 23.2 Å². The molecule has 0 saturated carbocycles. The minimum absolute atomic E-state index is 0.154. The van der Waals surface area contributed by atoms with Crippen LogP contribution in [0.1, 0.15) is 10.4 Å². The average molecular weight is 336 g/mol. The highest BCUT2D eigenvalue weighted by atomic mass is 35.5. The average Bonchev–Trinajstić information content (AvgIpc) is 2.93. The van der Waals surface area contributed by atoms with Crippen LogP contribution in [-0.4, -0.2) is 12.6 Å². The van der Waals surface area contributed by atoms with E-state index in [1.54, 1.807) is 36.4 Å². The first kappa shape index (κ1) is 14.8. The summed E-state index contributed by atoms with van der Waals surface area (Å²) in [5.41, 5.74) is 1.22. The third-order valence-electron chi connectivity index (χ3n) is 3.00. The fraction of sp³-hybridized carbons (Fsp3) is 0.0625. The van der Waals surface area contributed by atoms with E-state index in [2.05, 4.69) is 5.32 Å². The van der Waals surface area contributed by atoms with Crippen molar-refractivity contribution in [3.05, 3.63) is 64.3 Å². The number of hydrogen-bond donors (Lipinski definition) is 1. The molecule has 0 aromatic heterocycles. The zero-order chi connectivity index (χ0) is 15.5. The summed E-state index contributed by atoms with van der Waals surface area (Å²) in [6, 6.07) is 10.1. The van der Waals surface area contributed by atoms with E-state index in [0.717, 1.165) is 0 Å². The number of carbonyl (C=O) groups is 1. The summed E-state index contributed by atoms with van der Waals surface area (Å²) in [5, 5.41) is 3.99.